The number of hydrogen-bond donors (Lipinski definition) is 1. The first-order valence-electron chi connectivity index (χ1n) is 11.8. The van der Waals surface area contributed by atoms with Gasteiger partial charge in [0.05, 0.1) is 0 Å². The van der Waals surface area contributed by atoms with Crippen LogP contribution < -0.4 is 10.2 Å². The van der Waals surface area contributed by atoms with E-state index in [0.717, 1.165) is 56.6 Å². The van der Waals surface area contributed by atoms with Gasteiger partial charge in [0.15, 0.2) is 5.78 Å². The molecule has 32 heavy (non-hydrogen) atoms. The first-order valence-corrected chi connectivity index (χ1v) is 11.8. The summed E-state index contributed by atoms with van der Waals surface area (Å²) in [6.45, 7) is 9.76. The van der Waals surface area contributed by atoms with Gasteiger partial charge in [-0.15, -0.1) is 0 Å². The van der Waals surface area contributed by atoms with Crippen molar-refractivity contribution >= 4 is 11.5 Å². The van der Waals surface area contributed by atoms with Crippen LogP contribution in [0.3, 0.4) is 0 Å². The predicted molar refractivity (Wildman–Crippen MR) is 136 cm³/mol. The fraction of sp³-hybridized carbons (Fsp3) is 0.345. The zero-order valence-corrected chi connectivity index (χ0v) is 19.7. The van der Waals surface area contributed by atoms with Crippen LogP contribution >= 0.6 is 0 Å². The Morgan fingerprint density at radius 2 is 1.53 bits per heavy atom. The Morgan fingerprint density at radius 1 is 0.875 bits per heavy atom. The van der Waals surface area contributed by atoms with Crippen molar-refractivity contribution in [2.24, 2.45) is 0 Å². The van der Waals surface area contributed by atoms with Gasteiger partial charge in [0.2, 0.25) is 0 Å². The first kappa shape index (κ1) is 23.7. The molecule has 0 bridgehead atoms. The maximum atomic E-state index is 12.5. The number of carbonyl (C=O) groups excluding carboxylic acids is 1. The second kappa shape index (κ2) is 12.2. The number of anilines is 1. The maximum absolute atomic E-state index is 12.5. The summed E-state index contributed by atoms with van der Waals surface area (Å²) in [7, 11) is 0. The number of Topliss-reactive ketones (excluding diaryl/α,β-unsaturated/α-hetero) is 1. The van der Waals surface area contributed by atoms with Gasteiger partial charge in [0.25, 0.3) is 0 Å². The van der Waals surface area contributed by atoms with Crippen molar-refractivity contribution in [3.8, 4) is 0 Å². The molecule has 0 radical (unpaired) electrons. The van der Waals surface area contributed by atoms with Gasteiger partial charge >= 0.3 is 0 Å². The number of carbonyl (C=O) groups is 1. The Balaban J connectivity index is 1.82. The number of nitrogens with zero attached hydrogens (tertiary/aromatic N) is 1. The van der Waals surface area contributed by atoms with Crippen molar-refractivity contribution in [3.63, 3.8) is 0 Å². The highest BCUT2D eigenvalue weighted by molar-refractivity contribution is 5.96. The molecule has 0 saturated carbocycles. The number of hydrogen-bond acceptors (Lipinski definition) is 3. The number of rotatable bonds is 12. The van der Waals surface area contributed by atoms with Gasteiger partial charge in [-0.25, -0.2) is 0 Å². The van der Waals surface area contributed by atoms with Gasteiger partial charge in [0.1, 0.15) is 0 Å². The zero-order valence-electron chi connectivity index (χ0n) is 19.7. The molecule has 168 valence electrons. The minimum Gasteiger partial charge on any atom is -0.370 e. The molecule has 3 heteroatoms. The van der Waals surface area contributed by atoms with Crippen molar-refractivity contribution < 1.29 is 4.79 Å². The van der Waals surface area contributed by atoms with E-state index in [2.05, 4.69) is 90.8 Å². The molecule has 0 heterocycles. The number of nitrogens with one attached hydrogen (secondary N) is 1. The lowest BCUT2D eigenvalue weighted by Gasteiger charge is -2.28. The van der Waals surface area contributed by atoms with Crippen molar-refractivity contribution in [2.75, 3.05) is 24.5 Å². The second-order valence-corrected chi connectivity index (χ2v) is 8.35. The maximum Gasteiger partial charge on any atom is 0.160 e. The van der Waals surface area contributed by atoms with Crippen molar-refractivity contribution in [1.29, 1.82) is 0 Å². The average molecular weight is 429 g/mol. The molecule has 0 spiro atoms. The molecular weight excluding hydrogens is 392 g/mol. The minimum atomic E-state index is 0.146. The molecule has 0 aromatic heterocycles. The SMILES string of the molecule is CCCc1cc(C(C)=O)c(Cc2ccccc2)cc1N(CC)CCNCc1ccccc1. The molecule has 0 unspecified atom stereocenters. The van der Waals surface area contributed by atoms with E-state index in [-0.39, 0.29) is 5.78 Å². The molecule has 0 fully saturated rings. The Labute approximate surface area is 193 Å². The number of ketones is 1. The Kier molecular flexibility index (Phi) is 9.06. The largest absolute Gasteiger partial charge is 0.370 e. The molecule has 0 aliphatic carbocycles. The normalized spacial score (nSPS) is 10.8. The summed E-state index contributed by atoms with van der Waals surface area (Å²) >= 11 is 0. The van der Waals surface area contributed by atoms with Gasteiger partial charge in [-0.3, -0.25) is 4.79 Å². The predicted octanol–water partition coefficient (Wildman–Crippen LogP) is 6.05. The third-order valence-corrected chi connectivity index (χ3v) is 5.89. The topological polar surface area (TPSA) is 32.3 Å². The highest BCUT2D eigenvalue weighted by Gasteiger charge is 2.16. The molecule has 3 aromatic carbocycles. The molecule has 3 rings (SSSR count). The Hall–Kier alpha value is -2.91. The smallest absolute Gasteiger partial charge is 0.160 e. The van der Waals surface area contributed by atoms with Crippen LogP contribution in [0, 0.1) is 0 Å². The van der Waals surface area contributed by atoms with Gasteiger partial charge < -0.3 is 10.2 Å². The van der Waals surface area contributed by atoms with E-state index in [1.165, 1.54) is 22.4 Å². The summed E-state index contributed by atoms with van der Waals surface area (Å²) in [4.78, 5) is 14.9. The molecule has 0 aliphatic rings. The lowest BCUT2D eigenvalue weighted by molar-refractivity contribution is 0.101. The van der Waals surface area contributed by atoms with Gasteiger partial charge in [-0.05, 0) is 61.1 Å². The molecule has 0 saturated heterocycles. The van der Waals surface area contributed by atoms with Crippen LogP contribution in [0.5, 0.6) is 0 Å². The van der Waals surface area contributed by atoms with Crippen molar-refractivity contribution in [2.45, 2.75) is 46.6 Å². The van der Waals surface area contributed by atoms with Crippen LogP contribution in [0.15, 0.2) is 72.8 Å². The van der Waals surface area contributed by atoms with Crippen LogP contribution in [-0.2, 0) is 19.4 Å². The minimum absolute atomic E-state index is 0.146. The van der Waals surface area contributed by atoms with Crippen molar-refractivity contribution in [3.05, 3.63) is 101 Å². The lowest BCUT2D eigenvalue weighted by atomic mass is 9.92. The average Bonchev–Trinajstić information content (AvgIpc) is 2.81. The summed E-state index contributed by atoms with van der Waals surface area (Å²) in [5.41, 5.74) is 7.06. The molecule has 0 amide bonds. The highest BCUT2D eigenvalue weighted by atomic mass is 16.1. The van der Waals surface area contributed by atoms with Crippen LogP contribution in [0.2, 0.25) is 0 Å². The van der Waals surface area contributed by atoms with E-state index in [9.17, 15) is 4.79 Å². The third kappa shape index (κ3) is 6.54. The van der Waals surface area contributed by atoms with Crippen LogP contribution in [0.4, 0.5) is 5.69 Å². The summed E-state index contributed by atoms with van der Waals surface area (Å²) in [6, 6.07) is 25.4. The van der Waals surface area contributed by atoms with E-state index in [0.29, 0.717) is 0 Å². The number of benzene rings is 3. The Bertz CT molecular complexity index is 983. The van der Waals surface area contributed by atoms with E-state index in [1.54, 1.807) is 6.92 Å². The molecule has 0 aliphatic heterocycles. The monoisotopic (exact) mass is 428 g/mol. The summed E-state index contributed by atoms with van der Waals surface area (Å²) in [5.74, 6) is 0.146. The van der Waals surface area contributed by atoms with E-state index >= 15 is 0 Å². The fourth-order valence-electron chi connectivity index (χ4n) is 4.22. The standard InChI is InChI=1S/C29H36N2O/c1-4-12-26-20-28(23(3)32)27(19-24-13-8-6-9-14-24)21-29(26)31(5-2)18-17-30-22-25-15-10-7-11-16-25/h6-11,13-16,20-21,30H,4-5,12,17-19,22H2,1-3H3. The third-order valence-electron chi connectivity index (χ3n) is 5.89. The van der Waals surface area contributed by atoms with Gasteiger partial charge in [0, 0.05) is 37.4 Å². The van der Waals surface area contributed by atoms with E-state index < -0.39 is 0 Å². The highest BCUT2D eigenvalue weighted by Crippen LogP contribution is 2.28. The van der Waals surface area contributed by atoms with E-state index in [1.807, 2.05) is 6.07 Å². The Morgan fingerprint density at radius 3 is 2.12 bits per heavy atom. The van der Waals surface area contributed by atoms with Crippen molar-refractivity contribution in [1.82, 2.24) is 5.32 Å². The molecule has 0 atom stereocenters. The molecular formula is C29H36N2O. The van der Waals surface area contributed by atoms with Crippen LogP contribution in [0.1, 0.15) is 59.8 Å². The number of likely N-dealkylation sites (N-methyl/N-ethyl adjacent to an activating group) is 1. The van der Waals surface area contributed by atoms with Gasteiger partial charge in [-0.2, -0.15) is 0 Å². The summed E-state index contributed by atoms with van der Waals surface area (Å²) in [6.07, 6.45) is 2.82. The first-order chi connectivity index (χ1) is 15.6. The number of aryl methyl sites for hydroxylation is 1. The summed E-state index contributed by atoms with van der Waals surface area (Å²) in [5, 5.41) is 3.58. The summed E-state index contributed by atoms with van der Waals surface area (Å²) < 4.78 is 0. The zero-order chi connectivity index (χ0) is 22.8. The van der Waals surface area contributed by atoms with Crippen LogP contribution in [0.25, 0.3) is 0 Å². The van der Waals surface area contributed by atoms with E-state index in [4.69, 9.17) is 0 Å². The second-order valence-electron chi connectivity index (χ2n) is 8.35. The molecule has 3 aromatic rings. The molecule has 3 nitrogen and oxygen atoms in total. The lowest BCUT2D eigenvalue weighted by Crippen LogP contribution is -2.32. The van der Waals surface area contributed by atoms with Gasteiger partial charge in [-0.1, -0.05) is 74.0 Å². The fourth-order valence-corrected chi connectivity index (χ4v) is 4.22. The molecule has 1 N–H and O–H groups in total. The quantitative estimate of drug-likeness (QED) is 0.282. The van der Waals surface area contributed by atoms with Crippen LogP contribution in [-0.4, -0.2) is 25.4 Å².